The van der Waals surface area contributed by atoms with Crippen molar-refractivity contribution in [3.8, 4) is 0 Å². The molecule has 0 fully saturated rings. The van der Waals surface area contributed by atoms with Gasteiger partial charge in [0.2, 0.25) is 0 Å². The molecule has 0 amide bonds. The second-order valence-corrected chi connectivity index (χ2v) is 5.04. The summed E-state index contributed by atoms with van der Waals surface area (Å²) in [7, 11) is 0. The fourth-order valence-corrected chi connectivity index (χ4v) is 2.49. The Morgan fingerprint density at radius 3 is 2.13 bits per heavy atom. The lowest BCUT2D eigenvalue weighted by atomic mass is 10.2. The number of hydrogen-bond acceptors (Lipinski definition) is 0. The third-order valence-electron chi connectivity index (χ3n) is 2.29. The zero-order valence-corrected chi connectivity index (χ0v) is 9.96. The Labute approximate surface area is 95.3 Å². The van der Waals surface area contributed by atoms with Crippen molar-refractivity contribution < 1.29 is 0 Å². The first-order valence-corrected chi connectivity index (χ1v) is 5.98. The van der Waals surface area contributed by atoms with Crippen LogP contribution in [0.2, 0.25) is 0 Å². The Balaban J connectivity index is 2.18. The molecule has 0 saturated carbocycles. The van der Waals surface area contributed by atoms with E-state index < -0.39 is 0 Å². The SMILES string of the molecule is Cc1ccc([SH+]c2cccc(C)c2)cc1. The fraction of sp³-hybridized carbons (Fsp3) is 0.143. The highest BCUT2D eigenvalue weighted by Crippen LogP contribution is 2.14. The van der Waals surface area contributed by atoms with Crippen LogP contribution in [0.5, 0.6) is 0 Å². The van der Waals surface area contributed by atoms with E-state index in [1.54, 1.807) is 0 Å². The van der Waals surface area contributed by atoms with E-state index in [1.807, 2.05) is 0 Å². The molecule has 1 heteroatoms. The number of thiol groups is 1. The molecule has 0 spiro atoms. The van der Waals surface area contributed by atoms with Crippen LogP contribution < -0.4 is 0 Å². The molecule has 0 heterocycles. The van der Waals surface area contributed by atoms with Crippen LogP contribution in [0, 0.1) is 13.8 Å². The molecule has 0 nitrogen and oxygen atoms in total. The Morgan fingerprint density at radius 1 is 0.733 bits per heavy atom. The minimum absolute atomic E-state index is 1.29. The lowest BCUT2D eigenvalue weighted by molar-refractivity contribution is 1.33. The van der Waals surface area contributed by atoms with E-state index in [0.717, 1.165) is 0 Å². The van der Waals surface area contributed by atoms with Gasteiger partial charge in [-0.1, -0.05) is 29.8 Å². The van der Waals surface area contributed by atoms with E-state index in [9.17, 15) is 0 Å². The average Bonchev–Trinajstić information content (AvgIpc) is 2.22. The van der Waals surface area contributed by atoms with Crippen LogP contribution in [0.4, 0.5) is 0 Å². The summed E-state index contributed by atoms with van der Waals surface area (Å²) in [5.41, 5.74) is 2.64. The zero-order chi connectivity index (χ0) is 10.7. The quantitative estimate of drug-likeness (QED) is 0.531. The van der Waals surface area contributed by atoms with Crippen LogP contribution in [0.15, 0.2) is 58.3 Å². The molecule has 0 radical (unpaired) electrons. The van der Waals surface area contributed by atoms with Crippen molar-refractivity contribution in [1.29, 1.82) is 0 Å². The van der Waals surface area contributed by atoms with Gasteiger partial charge in [-0.25, -0.2) is 0 Å². The first kappa shape index (κ1) is 10.3. The van der Waals surface area contributed by atoms with Gasteiger partial charge in [-0.3, -0.25) is 0 Å². The third-order valence-corrected chi connectivity index (χ3v) is 3.39. The van der Waals surface area contributed by atoms with Crippen molar-refractivity contribution in [3.63, 3.8) is 0 Å². The molecule has 0 atom stereocenters. The molecule has 2 rings (SSSR count). The Hall–Kier alpha value is -1.21. The monoisotopic (exact) mass is 215 g/mol. The van der Waals surface area contributed by atoms with E-state index in [0.29, 0.717) is 0 Å². The summed E-state index contributed by atoms with van der Waals surface area (Å²) in [5.74, 6) is 0. The van der Waals surface area contributed by atoms with Crippen molar-refractivity contribution in [1.82, 2.24) is 0 Å². The van der Waals surface area contributed by atoms with Gasteiger partial charge in [0.1, 0.15) is 0 Å². The van der Waals surface area contributed by atoms with Crippen molar-refractivity contribution in [3.05, 3.63) is 59.7 Å². The average molecular weight is 215 g/mol. The van der Waals surface area contributed by atoms with Gasteiger partial charge >= 0.3 is 0 Å². The summed E-state index contributed by atoms with van der Waals surface area (Å²) in [6, 6.07) is 17.4. The van der Waals surface area contributed by atoms with Gasteiger partial charge < -0.3 is 0 Å². The molecule has 0 aliphatic heterocycles. The van der Waals surface area contributed by atoms with Crippen LogP contribution in [0.3, 0.4) is 0 Å². The maximum Gasteiger partial charge on any atom is 0.158 e. The fourth-order valence-electron chi connectivity index (χ4n) is 1.47. The van der Waals surface area contributed by atoms with Crippen molar-refractivity contribution >= 4 is 11.8 Å². The first-order chi connectivity index (χ1) is 7.24. The van der Waals surface area contributed by atoms with Crippen molar-refractivity contribution in [2.75, 3.05) is 0 Å². The predicted molar refractivity (Wildman–Crippen MR) is 67.7 cm³/mol. The molecule has 2 aromatic rings. The zero-order valence-electron chi connectivity index (χ0n) is 9.07. The smallest absolute Gasteiger partial charge is 0.0590 e. The molecular formula is C14H15S+. The van der Waals surface area contributed by atoms with Crippen LogP contribution in [-0.2, 0) is 11.8 Å². The maximum absolute atomic E-state index is 2.24. The molecule has 2 aromatic carbocycles. The molecule has 0 bridgehead atoms. The Morgan fingerprint density at radius 2 is 1.47 bits per heavy atom. The summed E-state index contributed by atoms with van der Waals surface area (Å²) < 4.78 is 0. The van der Waals surface area contributed by atoms with Crippen LogP contribution >= 0.6 is 0 Å². The number of hydrogen-bond donors (Lipinski definition) is 0. The van der Waals surface area contributed by atoms with E-state index in [-0.39, 0.29) is 0 Å². The van der Waals surface area contributed by atoms with Gasteiger partial charge in [0.25, 0.3) is 0 Å². The summed E-state index contributed by atoms with van der Waals surface area (Å²) in [5, 5.41) is 0. The highest BCUT2D eigenvalue weighted by molar-refractivity contribution is 7.78. The lowest BCUT2D eigenvalue weighted by Gasteiger charge is -1.95. The summed E-state index contributed by atoms with van der Waals surface area (Å²) in [6.07, 6.45) is 0. The molecule has 0 aliphatic carbocycles. The summed E-state index contributed by atoms with van der Waals surface area (Å²) >= 11 is 1.29. The summed E-state index contributed by atoms with van der Waals surface area (Å²) in [4.78, 5) is 2.71. The number of benzene rings is 2. The molecule has 0 saturated heterocycles. The molecular weight excluding hydrogens is 200 g/mol. The van der Waals surface area contributed by atoms with Crippen LogP contribution in [0.25, 0.3) is 0 Å². The van der Waals surface area contributed by atoms with E-state index in [2.05, 4.69) is 62.4 Å². The Bertz CT molecular complexity index is 443. The molecule has 0 aliphatic rings. The van der Waals surface area contributed by atoms with Gasteiger partial charge in [0, 0.05) is 11.8 Å². The van der Waals surface area contributed by atoms with Crippen molar-refractivity contribution in [2.24, 2.45) is 0 Å². The lowest BCUT2D eigenvalue weighted by Crippen LogP contribution is -1.85. The molecule has 15 heavy (non-hydrogen) atoms. The normalized spacial score (nSPS) is 10.3. The third kappa shape index (κ3) is 2.87. The molecule has 0 aromatic heterocycles. The van der Waals surface area contributed by atoms with Gasteiger partial charge in [-0.05, 0) is 43.7 Å². The van der Waals surface area contributed by atoms with E-state index in [1.165, 1.54) is 32.7 Å². The second kappa shape index (κ2) is 4.54. The van der Waals surface area contributed by atoms with Crippen LogP contribution in [-0.4, -0.2) is 0 Å². The maximum atomic E-state index is 2.24. The highest BCUT2D eigenvalue weighted by atomic mass is 32.2. The second-order valence-electron chi connectivity index (χ2n) is 3.79. The van der Waals surface area contributed by atoms with Gasteiger partial charge in [0.05, 0.1) is 0 Å². The van der Waals surface area contributed by atoms with Gasteiger partial charge in [-0.2, -0.15) is 0 Å². The van der Waals surface area contributed by atoms with Crippen molar-refractivity contribution in [2.45, 2.75) is 23.6 Å². The minimum Gasteiger partial charge on any atom is -0.0590 e. The Kier molecular flexibility index (Phi) is 3.12. The minimum atomic E-state index is 1.29. The molecule has 76 valence electrons. The van der Waals surface area contributed by atoms with Crippen LogP contribution in [0.1, 0.15) is 11.1 Å². The number of rotatable bonds is 2. The van der Waals surface area contributed by atoms with E-state index in [4.69, 9.17) is 0 Å². The first-order valence-electron chi connectivity index (χ1n) is 5.09. The predicted octanol–water partition coefficient (Wildman–Crippen LogP) is 3.54. The highest BCUT2D eigenvalue weighted by Gasteiger charge is 2.05. The topological polar surface area (TPSA) is 0 Å². The number of aryl methyl sites for hydroxylation is 2. The molecule has 0 unspecified atom stereocenters. The largest absolute Gasteiger partial charge is 0.158 e. The standard InChI is InChI=1S/C14H14S/c1-11-6-8-13(9-7-11)15-14-5-3-4-12(2)10-14/h3-10H,1-2H3/p+1. The van der Waals surface area contributed by atoms with Gasteiger partial charge in [0.15, 0.2) is 9.79 Å². The summed E-state index contributed by atoms with van der Waals surface area (Å²) in [6.45, 7) is 4.25. The molecule has 0 N–H and O–H groups in total. The van der Waals surface area contributed by atoms with Gasteiger partial charge in [-0.15, -0.1) is 0 Å². The van der Waals surface area contributed by atoms with E-state index >= 15 is 0 Å².